The lowest BCUT2D eigenvalue weighted by atomic mass is 10.0. The first-order valence-corrected chi connectivity index (χ1v) is 5.93. The van der Waals surface area contributed by atoms with Crippen molar-refractivity contribution in [1.82, 2.24) is 4.57 Å². The number of nitrogens with two attached hydrogens (primary N) is 1. The minimum absolute atomic E-state index is 0.149. The number of hydrogen-bond donors (Lipinski definition) is 2. The number of halogens is 1. The number of aliphatic hydroxyl groups excluding tert-OH is 1. The van der Waals surface area contributed by atoms with Crippen LogP contribution in [-0.4, -0.2) is 22.2 Å². The van der Waals surface area contributed by atoms with Crippen LogP contribution < -0.4 is 11.2 Å². The Morgan fingerprint density at radius 2 is 1.90 bits per heavy atom. The van der Waals surface area contributed by atoms with Crippen LogP contribution >= 0.6 is 0 Å². The molecule has 0 saturated carbocycles. The van der Waals surface area contributed by atoms with Gasteiger partial charge in [-0.3, -0.25) is 9.59 Å². The number of rotatable bonds is 4. The van der Waals surface area contributed by atoms with Crippen LogP contribution in [0.25, 0.3) is 11.1 Å². The highest BCUT2D eigenvalue weighted by molar-refractivity contribution is 5.93. The summed E-state index contributed by atoms with van der Waals surface area (Å²) in [5.41, 5.74) is 5.20. The molecule has 2 aromatic rings. The lowest BCUT2D eigenvalue weighted by Crippen LogP contribution is -2.25. The fraction of sp³-hybridized carbons (Fsp3) is 0.143. The summed E-state index contributed by atoms with van der Waals surface area (Å²) >= 11 is 0. The van der Waals surface area contributed by atoms with Gasteiger partial charge in [0.05, 0.1) is 6.61 Å². The molecule has 5 nitrogen and oxygen atoms in total. The molecule has 1 heterocycles. The van der Waals surface area contributed by atoms with Crippen LogP contribution in [0.3, 0.4) is 0 Å². The number of primary amides is 1. The largest absolute Gasteiger partial charge is 0.395 e. The molecule has 6 heteroatoms. The highest BCUT2D eigenvalue weighted by Gasteiger charge is 2.13. The number of hydrogen-bond acceptors (Lipinski definition) is 3. The van der Waals surface area contributed by atoms with E-state index in [2.05, 4.69) is 0 Å². The molecule has 0 atom stereocenters. The first kappa shape index (κ1) is 14.0. The lowest BCUT2D eigenvalue weighted by molar-refractivity contribution is 0.0998. The summed E-state index contributed by atoms with van der Waals surface area (Å²) in [7, 11) is 0. The number of pyridine rings is 1. The van der Waals surface area contributed by atoms with E-state index in [1.165, 1.54) is 41.2 Å². The molecule has 104 valence electrons. The van der Waals surface area contributed by atoms with Gasteiger partial charge >= 0.3 is 0 Å². The Balaban J connectivity index is 2.64. The third kappa shape index (κ3) is 2.75. The monoisotopic (exact) mass is 276 g/mol. The van der Waals surface area contributed by atoms with Gasteiger partial charge in [-0.1, -0.05) is 12.1 Å². The fourth-order valence-electron chi connectivity index (χ4n) is 1.89. The SMILES string of the molecule is NC(=O)c1cn(CCO)cc(-c2ccc(F)cc2)c1=O. The second-order valence-corrected chi connectivity index (χ2v) is 4.25. The Morgan fingerprint density at radius 1 is 1.25 bits per heavy atom. The molecule has 0 bridgehead atoms. The van der Waals surface area contributed by atoms with Gasteiger partial charge in [-0.15, -0.1) is 0 Å². The Labute approximate surface area is 114 Å². The van der Waals surface area contributed by atoms with Crippen LogP contribution in [0.5, 0.6) is 0 Å². The van der Waals surface area contributed by atoms with Crippen molar-refractivity contribution in [1.29, 1.82) is 0 Å². The molecule has 1 amide bonds. The molecule has 0 aliphatic heterocycles. The van der Waals surface area contributed by atoms with E-state index in [0.717, 1.165) is 0 Å². The maximum absolute atomic E-state index is 12.9. The minimum atomic E-state index is -0.842. The van der Waals surface area contributed by atoms with Gasteiger partial charge in [0, 0.05) is 24.5 Å². The molecule has 3 N–H and O–H groups in total. The fourth-order valence-corrected chi connectivity index (χ4v) is 1.89. The van der Waals surface area contributed by atoms with Gasteiger partial charge in [0.25, 0.3) is 5.91 Å². The number of amides is 1. The lowest BCUT2D eigenvalue weighted by Gasteiger charge is -2.10. The van der Waals surface area contributed by atoms with Crippen molar-refractivity contribution in [2.45, 2.75) is 6.54 Å². The smallest absolute Gasteiger partial charge is 0.254 e. The average Bonchev–Trinajstić information content (AvgIpc) is 2.41. The molecule has 0 radical (unpaired) electrons. The molecule has 0 spiro atoms. The van der Waals surface area contributed by atoms with Gasteiger partial charge in [-0.25, -0.2) is 4.39 Å². The second-order valence-electron chi connectivity index (χ2n) is 4.25. The quantitative estimate of drug-likeness (QED) is 0.864. The first-order chi connectivity index (χ1) is 9.52. The molecule has 0 fully saturated rings. The van der Waals surface area contributed by atoms with Crippen LogP contribution in [0.1, 0.15) is 10.4 Å². The van der Waals surface area contributed by atoms with Gasteiger partial charge in [-0.05, 0) is 17.7 Å². The zero-order valence-electron chi connectivity index (χ0n) is 10.5. The van der Waals surface area contributed by atoms with E-state index in [-0.39, 0.29) is 24.3 Å². The Bertz CT molecular complexity index is 693. The van der Waals surface area contributed by atoms with Gasteiger partial charge in [0.2, 0.25) is 5.43 Å². The van der Waals surface area contributed by atoms with E-state index in [1.54, 1.807) is 0 Å². The van der Waals surface area contributed by atoms with Crippen molar-refractivity contribution in [2.24, 2.45) is 5.73 Å². The van der Waals surface area contributed by atoms with Crippen molar-refractivity contribution in [3.05, 3.63) is 58.3 Å². The molecule has 0 aliphatic carbocycles. The maximum Gasteiger partial charge on any atom is 0.254 e. The van der Waals surface area contributed by atoms with Crippen molar-refractivity contribution in [2.75, 3.05) is 6.61 Å². The molecule has 0 saturated heterocycles. The van der Waals surface area contributed by atoms with E-state index in [0.29, 0.717) is 5.56 Å². The normalized spacial score (nSPS) is 10.5. The summed E-state index contributed by atoms with van der Waals surface area (Å²) in [5.74, 6) is -1.26. The van der Waals surface area contributed by atoms with Crippen LogP contribution in [0.4, 0.5) is 4.39 Å². The van der Waals surface area contributed by atoms with Crippen LogP contribution in [0.2, 0.25) is 0 Å². The van der Waals surface area contributed by atoms with E-state index < -0.39 is 17.2 Å². The summed E-state index contributed by atoms with van der Waals surface area (Å²) in [4.78, 5) is 23.5. The van der Waals surface area contributed by atoms with E-state index in [1.807, 2.05) is 0 Å². The Morgan fingerprint density at radius 3 is 2.45 bits per heavy atom. The number of nitrogens with zero attached hydrogens (tertiary/aromatic N) is 1. The minimum Gasteiger partial charge on any atom is -0.395 e. The summed E-state index contributed by atoms with van der Waals surface area (Å²) < 4.78 is 14.4. The van der Waals surface area contributed by atoms with Crippen molar-refractivity contribution >= 4 is 5.91 Å². The van der Waals surface area contributed by atoms with Gasteiger partial charge in [-0.2, -0.15) is 0 Å². The highest BCUT2D eigenvalue weighted by atomic mass is 19.1. The van der Waals surface area contributed by atoms with E-state index in [9.17, 15) is 14.0 Å². The topological polar surface area (TPSA) is 85.3 Å². The average molecular weight is 276 g/mol. The predicted molar refractivity (Wildman–Crippen MR) is 71.7 cm³/mol. The van der Waals surface area contributed by atoms with Crippen LogP contribution in [0.15, 0.2) is 41.5 Å². The molecule has 1 aromatic carbocycles. The third-order valence-corrected chi connectivity index (χ3v) is 2.86. The predicted octanol–water partition coefficient (Wildman–Crippen LogP) is 0.746. The van der Waals surface area contributed by atoms with Crippen LogP contribution in [-0.2, 0) is 6.54 Å². The zero-order chi connectivity index (χ0) is 14.7. The number of carbonyl (C=O) groups is 1. The molecule has 2 rings (SSSR count). The number of aromatic nitrogens is 1. The Hall–Kier alpha value is -2.47. The number of benzene rings is 1. The zero-order valence-corrected chi connectivity index (χ0v) is 10.5. The molecule has 20 heavy (non-hydrogen) atoms. The standard InChI is InChI=1S/C14H13FN2O3/c15-10-3-1-9(2-4-10)11-7-17(5-6-18)8-12(13(11)19)14(16)20/h1-4,7-8,18H,5-6H2,(H2,16,20). The molecule has 0 unspecified atom stereocenters. The second kappa shape index (κ2) is 5.66. The summed E-state index contributed by atoms with van der Waals surface area (Å²) in [6, 6.07) is 5.34. The maximum atomic E-state index is 12.9. The van der Waals surface area contributed by atoms with Crippen molar-refractivity contribution < 1.29 is 14.3 Å². The highest BCUT2D eigenvalue weighted by Crippen LogP contribution is 2.16. The van der Waals surface area contributed by atoms with Gasteiger partial charge < -0.3 is 15.4 Å². The number of carbonyl (C=O) groups excluding carboxylic acids is 1. The van der Waals surface area contributed by atoms with Crippen LogP contribution in [0, 0.1) is 5.82 Å². The number of aliphatic hydroxyl groups is 1. The molecule has 1 aromatic heterocycles. The van der Waals surface area contributed by atoms with E-state index >= 15 is 0 Å². The molecule has 0 aliphatic rings. The summed E-state index contributed by atoms with van der Waals surface area (Å²) in [6.45, 7) is 0.0681. The van der Waals surface area contributed by atoms with Crippen molar-refractivity contribution in [3.8, 4) is 11.1 Å². The Kier molecular flexibility index (Phi) is 3.95. The molecular weight excluding hydrogens is 263 g/mol. The summed E-state index contributed by atoms with van der Waals surface area (Å²) in [5, 5.41) is 8.95. The van der Waals surface area contributed by atoms with Gasteiger partial charge in [0.15, 0.2) is 0 Å². The van der Waals surface area contributed by atoms with Gasteiger partial charge in [0.1, 0.15) is 11.4 Å². The molecular formula is C14H13FN2O3. The van der Waals surface area contributed by atoms with E-state index in [4.69, 9.17) is 10.8 Å². The third-order valence-electron chi connectivity index (χ3n) is 2.86. The summed E-state index contributed by atoms with van der Waals surface area (Å²) in [6.07, 6.45) is 2.80. The van der Waals surface area contributed by atoms with Crippen molar-refractivity contribution in [3.63, 3.8) is 0 Å². The first-order valence-electron chi connectivity index (χ1n) is 5.93.